The van der Waals surface area contributed by atoms with Crippen LogP contribution >= 0.6 is 0 Å². The van der Waals surface area contributed by atoms with Gasteiger partial charge >= 0.3 is 5.69 Å². The van der Waals surface area contributed by atoms with Gasteiger partial charge in [-0.2, -0.15) is 0 Å². The molecule has 0 saturated carbocycles. The van der Waals surface area contributed by atoms with Crippen LogP contribution < -0.4 is 17.0 Å². The standard InChI is InChI=1S/C18H22N4O3/c1-20-16(19)15(17(24)21(2)18(20)25)14(23)11-22-9-8-13(10-22)12-6-4-3-5-7-12/h3-7,13H,8-11,19H2,1-2H3/t13-/m0/s1. The van der Waals surface area contributed by atoms with Gasteiger partial charge in [0.25, 0.3) is 5.56 Å². The molecule has 2 aromatic rings. The second kappa shape index (κ2) is 6.68. The van der Waals surface area contributed by atoms with E-state index in [2.05, 4.69) is 12.1 Å². The van der Waals surface area contributed by atoms with Crippen molar-refractivity contribution in [1.82, 2.24) is 14.0 Å². The van der Waals surface area contributed by atoms with Crippen LogP contribution in [0, 0.1) is 0 Å². The average Bonchev–Trinajstić information content (AvgIpc) is 3.07. The first-order chi connectivity index (χ1) is 11.9. The van der Waals surface area contributed by atoms with Crippen molar-refractivity contribution in [3.63, 3.8) is 0 Å². The summed E-state index contributed by atoms with van der Waals surface area (Å²) in [5.74, 6) is -0.0337. The minimum absolute atomic E-state index is 0.0723. The zero-order chi connectivity index (χ0) is 18.1. The Kier molecular flexibility index (Phi) is 4.59. The minimum Gasteiger partial charge on any atom is -0.384 e. The number of anilines is 1. The van der Waals surface area contributed by atoms with Crippen LogP contribution in [-0.2, 0) is 14.1 Å². The topological polar surface area (TPSA) is 90.3 Å². The van der Waals surface area contributed by atoms with Gasteiger partial charge in [0.2, 0.25) is 0 Å². The van der Waals surface area contributed by atoms with E-state index >= 15 is 0 Å². The van der Waals surface area contributed by atoms with Crippen LogP contribution in [-0.4, -0.2) is 39.5 Å². The van der Waals surface area contributed by atoms with E-state index in [1.807, 2.05) is 23.1 Å². The Morgan fingerprint density at radius 1 is 1.16 bits per heavy atom. The normalized spacial score (nSPS) is 17.8. The van der Waals surface area contributed by atoms with Gasteiger partial charge in [0.05, 0.1) is 6.54 Å². The third-order valence-electron chi connectivity index (χ3n) is 4.90. The highest BCUT2D eigenvalue weighted by Crippen LogP contribution is 2.26. The van der Waals surface area contributed by atoms with Crippen LogP contribution in [0.25, 0.3) is 0 Å². The fourth-order valence-corrected chi connectivity index (χ4v) is 3.38. The molecule has 7 nitrogen and oxygen atoms in total. The SMILES string of the molecule is Cn1c(N)c(C(=O)CN2CC[C@H](c3ccccc3)C2)c(=O)n(C)c1=O. The number of carbonyl (C=O) groups excluding carboxylic acids is 1. The van der Waals surface area contributed by atoms with Crippen LogP contribution in [0.1, 0.15) is 28.3 Å². The molecule has 1 aromatic carbocycles. The van der Waals surface area contributed by atoms with Crippen LogP contribution in [0.4, 0.5) is 5.82 Å². The van der Waals surface area contributed by atoms with E-state index < -0.39 is 11.2 Å². The number of rotatable bonds is 4. The molecule has 3 rings (SSSR count). The third kappa shape index (κ3) is 3.15. The molecule has 1 aliphatic rings. The third-order valence-corrected chi connectivity index (χ3v) is 4.90. The van der Waals surface area contributed by atoms with E-state index in [-0.39, 0.29) is 23.7 Å². The molecule has 2 heterocycles. The van der Waals surface area contributed by atoms with Crippen molar-refractivity contribution in [2.45, 2.75) is 12.3 Å². The fourth-order valence-electron chi connectivity index (χ4n) is 3.38. The minimum atomic E-state index is -0.635. The van der Waals surface area contributed by atoms with Crippen molar-refractivity contribution in [1.29, 1.82) is 0 Å². The van der Waals surface area contributed by atoms with Crippen molar-refractivity contribution in [3.05, 3.63) is 62.3 Å². The summed E-state index contributed by atoms with van der Waals surface area (Å²) in [6, 6.07) is 10.2. The summed E-state index contributed by atoms with van der Waals surface area (Å²) >= 11 is 0. The molecular formula is C18H22N4O3. The van der Waals surface area contributed by atoms with E-state index in [9.17, 15) is 14.4 Å². The van der Waals surface area contributed by atoms with Crippen molar-refractivity contribution in [3.8, 4) is 0 Å². The number of likely N-dealkylation sites (tertiary alicyclic amines) is 1. The van der Waals surface area contributed by atoms with Gasteiger partial charge < -0.3 is 5.73 Å². The maximum absolute atomic E-state index is 12.7. The van der Waals surface area contributed by atoms with E-state index in [4.69, 9.17) is 5.73 Å². The molecule has 1 aromatic heterocycles. The molecule has 0 aliphatic carbocycles. The Morgan fingerprint density at radius 2 is 1.84 bits per heavy atom. The number of carbonyl (C=O) groups is 1. The number of nitrogens with zero attached hydrogens (tertiary/aromatic N) is 3. The zero-order valence-corrected chi connectivity index (χ0v) is 14.4. The highest BCUT2D eigenvalue weighted by atomic mass is 16.2. The zero-order valence-electron chi connectivity index (χ0n) is 14.4. The predicted molar refractivity (Wildman–Crippen MR) is 95.9 cm³/mol. The Balaban J connectivity index is 1.78. The summed E-state index contributed by atoms with van der Waals surface area (Å²) in [5, 5.41) is 0. The molecule has 1 saturated heterocycles. The van der Waals surface area contributed by atoms with Crippen molar-refractivity contribution >= 4 is 11.6 Å². The molecule has 0 amide bonds. The lowest BCUT2D eigenvalue weighted by atomic mass is 9.99. The molecule has 0 bridgehead atoms. The molecule has 2 N–H and O–H groups in total. The molecule has 1 aliphatic heterocycles. The maximum atomic E-state index is 12.7. The fraction of sp³-hybridized carbons (Fsp3) is 0.389. The lowest BCUT2D eigenvalue weighted by molar-refractivity contribution is 0.0942. The molecule has 1 fully saturated rings. The van der Waals surface area contributed by atoms with E-state index in [1.54, 1.807) is 0 Å². The number of hydrogen-bond donors (Lipinski definition) is 1. The van der Waals surface area contributed by atoms with Gasteiger partial charge in [-0.3, -0.25) is 23.6 Å². The Morgan fingerprint density at radius 3 is 2.52 bits per heavy atom. The van der Waals surface area contributed by atoms with Crippen molar-refractivity contribution in [2.24, 2.45) is 14.1 Å². The quantitative estimate of drug-likeness (QED) is 0.809. The summed E-state index contributed by atoms with van der Waals surface area (Å²) in [6.07, 6.45) is 0.970. The van der Waals surface area contributed by atoms with E-state index in [1.165, 1.54) is 19.7 Å². The number of hydrogen-bond acceptors (Lipinski definition) is 5. The first kappa shape index (κ1) is 17.2. The van der Waals surface area contributed by atoms with Gasteiger partial charge in [-0.25, -0.2) is 4.79 Å². The van der Waals surface area contributed by atoms with E-state index in [0.717, 1.165) is 28.6 Å². The van der Waals surface area contributed by atoms with Crippen LogP contribution in [0.15, 0.2) is 39.9 Å². The average molecular weight is 342 g/mol. The molecule has 1 atom stereocenters. The summed E-state index contributed by atoms with van der Waals surface area (Å²) in [4.78, 5) is 38.8. The second-order valence-electron chi connectivity index (χ2n) is 6.52. The highest BCUT2D eigenvalue weighted by molar-refractivity contribution is 6.01. The van der Waals surface area contributed by atoms with Crippen molar-refractivity contribution < 1.29 is 4.79 Å². The van der Waals surface area contributed by atoms with Gasteiger partial charge in [-0.15, -0.1) is 0 Å². The molecule has 25 heavy (non-hydrogen) atoms. The predicted octanol–water partition coefficient (Wildman–Crippen LogP) is 0.338. The highest BCUT2D eigenvalue weighted by Gasteiger charge is 2.28. The summed E-state index contributed by atoms with van der Waals surface area (Å²) in [7, 11) is 2.80. The summed E-state index contributed by atoms with van der Waals surface area (Å²) in [6.45, 7) is 1.68. The lowest BCUT2D eigenvalue weighted by Crippen LogP contribution is -2.43. The Labute approximate surface area is 145 Å². The molecule has 0 spiro atoms. The molecule has 0 unspecified atom stereocenters. The second-order valence-corrected chi connectivity index (χ2v) is 6.52. The molecular weight excluding hydrogens is 320 g/mol. The number of nitrogens with two attached hydrogens (primary N) is 1. The van der Waals surface area contributed by atoms with Gasteiger partial charge in [-0.1, -0.05) is 30.3 Å². The monoisotopic (exact) mass is 342 g/mol. The first-order valence-electron chi connectivity index (χ1n) is 8.26. The molecule has 7 heteroatoms. The molecule has 132 valence electrons. The summed E-state index contributed by atoms with van der Waals surface area (Å²) in [5.41, 5.74) is 5.84. The summed E-state index contributed by atoms with van der Waals surface area (Å²) < 4.78 is 2.05. The van der Waals surface area contributed by atoms with Crippen LogP contribution in [0.5, 0.6) is 0 Å². The number of nitrogen functional groups attached to an aromatic ring is 1. The van der Waals surface area contributed by atoms with Gasteiger partial charge in [0, 0.05) is 20.6 Å². The van der Waals surface area contributed by atoms with E-state index in [0.29, 0.717) is 5.92 Å². The first-order valence-corrected chi connectivity index (χ1v) is 8.26. The number of aromatic nitrogens is 2. The smallest absolute Gasteiger partial charge is 0.332 e. The van der Waals surface area contributed by atoms with Gasteiger partial charge in [0.1, 0.15) is 11.4 Å². The molecule has 0 radical (unpaired) electrons. The number of ketones is 1. The van der Waals surface area contributed by atoms with Gasteiger partial charge in [-0.05, 0) is 24.4 Å². The maximum Gasteiger partial charge on any atom is 0.332 e. The largest absolute Gasteiger partial charge is 0.384 e. The van der Waals surface area contributed by atoms with Gasteiger partial charge in [0.15, 0.2) is 5.78 Å². The van der Waals surface area contributed by atoms with Crippen molar-refractivity contribution in [2.75, 3.05) is 25.4 Å². The van der Waals surface area contributed by atoms with Crippen LogP contribution in [0.2, 0.25) is 0 Å². The lowest BCUT2D eigenvalue weighted by Gasteiger charge is -2.17. The van der Waals surface area contributed by atoms with Crippen LogP contribution in [0.3, 0.4) is 0 Å². The Bertz CT molecular complexity index is 914. The number of Topliss-reactive ketones (excluding diaryl/α,β-unsaturated/α-hetero) is 1. The Hall–Kier alpha value is -2.67. The number of benzene rings is 1.